The van der Waals surface area contributed by atoms with Gasteiger partial charge in [-0.1, -0.05) is 58.4 Å². The van der Waals surface area contributed by atoms with E-state index in [2.05, 4.69) is 13.5 Å². The van der Waals surface area contributed by atoms with Gasteiger partial charge in [-0.2, -0.15) is 0 Å². The largest absolute Gasteiger partial charge is 0.271 e. The third-order valence-corrected chi connectivity index (χ3v) is 2.92. The molecule has 3 heteroatoms. The number of rotatable bonds is 12. The number of amides is 1. The number of hydrogen-bond acceptors (Lipinski definition) is 2. The fourth-order valence-electron chi connectivity index (χ4n) is 1.89. The van der Waals surface area contributed by atoms with Crippen molar-refractivity contribution in [3.8, 4) is 0 Å². The van der Waals surface area contributed by atoms with Gasteiger partial charge in [0.2, 0.25) is 0 Å². The number of unbranched alkanes of at least 4 members (excludes halogenated alkanes) is 7. The molecule has 0 aliphatic rings. The van der Waals surface area contributed by atoms with E-state index in [9.17, 15) is 4.79 Å². The van der Waals surface area contributed by atoms with Gasteiger partial charge in [0, 0.05) is 6.54 Å². The Bertz CT molecular complexity index is 217. The SMILES string of the molecule is C=CC(=O)N(CCCCCCCCCC)OCC. The fraction of sp³-hybridized carbons (Fsp3) is 0.800. The average Bonchev–Trinajstić information content (AvgIpc) is 2.39. The zero-order valence-electron chi connectivity index (χ0n) is 12.1. The van der Waals surface area contributed by atoms with E-state index in [4.69, 9.17) is 4.84 Å². The molecule has 0 atom stereocenters. The van der Waals surface area contributed by atoms with Crippen LogP contribution < -0.4 is 0 Å². The Morgan fingerprint density at radius 2 is 1.61 bits per heavy atom. The van der Waals surface area contributed by atoms with E-state index in [1.807, 2.05) is 6.92 Å². The van der Waals surface area contributed by atoms with Crippen molar-refractivity contribution in [1.82, 2.24) is 5.06 Å². The molecule has 0 N–H and O–H groups in total. The first-order valence-electron chi connectivity index (χ1n) is 7.33. The Morgan fingerprint density at radius 1 is 1.06 bits per heavy atom. The van der Waals surface area contributed by atoms with Gasteiger partial charge in [0.05, 0.1) is 6.61 Å². The van der Waals surface area contributed by atoms with Crippen LogP contribution in [-0.4, -0.2) is 24.1 Å². The molecule has 0 aromatic heterocycles. The second kappa shape index (κ2) is 12.6. The minimum atomic E-state index is -0.139. The maximum absolute atomic E-state index is 11.4. The zero-order valence-corrected chi connectivity index (χ0v) is 12.1. The Hall–Kier alpha value is -0.830. The van der Waals surface area contributed by atoms with Crippen LogP contribution in [0.2, 0.25) is 0 Å². The van der Waals surface area contributed by atoms with E-state index in [1.165, 1.54) is 56.1 Å². The summed E-state index contributed by atoms with van der Waals surface area (Å²) in [5, 5.41) is 1.42. The lowest BCUT2D eigenvalue weighted by Gasteiger charge is -2.19. The Kier molecular flexibility index (Phi) is 12.0. The van der Waals surface area contributed by atoms with Crippen molar-refractivity contribution in [1.29, 1.82) is 0 Å². The van der Waals surface area contributed by atoms with Crippen LogP contribution in [-0.2, 0) is 9.63 Å². The van der Waals surface area contributed by atoms with E-state index >= 15 is 0 Å². The summed E-state index contributed by atoms with van der Waals surface area (Å²) in [5.74, 6) is -0.139. The highest BCUT2D eigenvalue weighted by Gasteiger charge is 2.09. The third-order valence-electron chi connectivity index (χ3n) is 2.92. The van der Waals surface area contributed by atoms with E-state index in [0.29, 0.717) is 13.2 Å². The molecule has 0 rings (SSSR count). The maximum Gasteiger partial charge on any atom is 0.269 e. The summed E-state index contributed by atoms with van der Waals surface area (Å²) in [6.45, 7) is 8.80. The smallest absolute Gasteiger partial charge is 0.269 e. The predicted molar refractivity (Wildman–Crippen MR) is 76.1 cm³/mol. The predicted octanol–water partition coefficient (Wildman–Crippen LogP) is 4.09. The molecule has 0 aromatic rings. The zero-order chi connectivity index (χ0) is 13.6. The van der Waals surface area contributed by atoms with Crippen LogP contribution in [0.4, 0.5) is 0 Å². The highest BCUT2D eigenvalue weighted by atomic mass is 16.7. The summed E-state index contributed by atoms with van der Waals surface area (Å²) in [4.78, 5) is 16.7. The highest BCUT2D eigenvalue weighted by Crippen LogP contribution is 2.09. The molecule has 0 bridgehead atoms. The van der Waals surface area contributed by atoms with Crippen LogP contribution in [0, 0.1) is 0 Å². The molecule has 1 amide bonds. The first kappa shape index (κ1) is 17.2. The van der Waals surface area contributed by atoms with Crippen molar-refractivity contribution >= 4 is 5.91 Å². The van der Waals surface area contributed by atoms with Crippen LogP contribution in [0.5, 0.6) is 0 Å². The van der Waals surface area contributed by atoms with Crippen molar-refractivity contribution in [3.05, 3.63) is 12.7 Å². The Balaban J connectivity index is 3.49. The van der Waals surface area contributed by atoms with Gasteiger partial charge in [-0.05, 0) is 19.4 Å². The number of carbonyl (C=O) groups is 1. The quantitative estimate of drug-likeness (QED) is 0.298. The number of nitrogens with zero attached hydrogens (tertiary/aromatic N) is 1. The summed E-state index contributed by atoms with van der Waals surface area (Å²) >= 11 is 0. The van der Waals surface area contributed by atoms with Crippen molar-refractivity contribution in [2.45, 2.75) is 65.2 Å². The van der Waals surface area contributed by atoms with E-state index in [0.717, 1.165) is 6.42 Å². The molecule has 106 valence electrons. The minimum Gasteiger partial charge on any atom is -0.271 e. The number of hydroxylamine groups is 2. The van der Waals surface area contributed by atoms with Gasteiger partial charge in [-0.15, -0.1) is 0 Å². The van der Waals surface area contributed by atoms with E-state index in [1.54, 1.807) is 0 Å². The second-order valence-corrected chi connectivity index (χ2v) is 4.54. The molecule has 3 nitrogen and oxygen atoms in total. The molecule has 0 aliphatic heterocycles. The standard InChI is InChI=1S/C15H29NO2/c1-4-7-8-9-10-11-12-13-14-16(18-6-3)15(17)5-2/h5H,2,4,6-14H2,1,3H3. The molecule has 0 saturated heterocycles. The molecule has 0 saturated carbocycles. The van der Waals surface area contributed by atoms with Crippen molar-refractivity contribution in [3.63, 3.8) is 0 Å². The molecule has 0 unspecified atom stereocenters. The number of hydrogen-bond donors (Lipinski definition) is 0. The van der Waals surface area contributed by atoms with E-state index < -0.39 is 0 Å². The molecule has 0 spiro atoms. The van der Waals surface area contributed by atoms with Crippen LogP contribution >= 0.6 is 0 Å². The fourth-order valence-corrected chi connectivity index (χ4v) is 1.89. The van der Waals surface area contributed by atoms with Crippen molar-refractivity contribution in [2.24, 2.45) is 0 Å². The number of carbonyl (C=O) groups excluding carboxylic acids is 1. The molecular weight excluding hydrogens is 226 g/mol. The maximum atomic E-state index is 11.4. The first-order valence-corrected chi connectivity index (χ1v) is 7.33. The summed E-state index contributed by atoms with van der Waals surface area (Å²) in [7, 11) is 0. The van der Waals surface area contributed by atoms with Crippen molar-refractivity contribution < 1.29 is 9.63 Å². The molecule has 18 heavy (non-hydrogen) atoms. The lowest BCUT2D eigenvalue weighted by atomic mass is 10.1. The second-order valence-electron chi connectivity index (χ2n) is 4.54. The lowest BCUT2D eigenvalue weighted by Crippen LogP contribution is -2.30. The summed E-state index contributed by atoms with van der Waals surface area (Å²) in [6.07, 6.45) is 11.4. The normalized spacial score (nSPS) is 10.3. The van der Waals surface area contributed by atoms with E-state index in [-0.39, 0.29) is 5.91 Å². The van der Waals surface area contributed by atoms with Crippen LogP contribution in [0.25, 0.3) is 0 Å². The molecular formula is C15H29NO2. The lowest BCUT2D eigenvalue weighted by molar-refractivity contribution is -0.179. The van der Waals surface area contributed by atoms with Gasteiger partial charge < -0.3 is 0 Å². The molecule has 0 aromatic carbocycles. The van der Waals surface area contributed by atoms with Gasteiger partial charge in [0.1, 0.15) is 0 Å². The van der Waals surface area contributed by atoms with Crippen molar-refractivity contribution in [2.75, 3.05) is 13.2 Å². The van der Waals surface area contributed by atoms with Crippen LogP contribution in [0.1, 0.15) is 65.2 Å². The highest BCUT2D eigenvalue weighted by molar-refractivity contribution is 5.86. The van der Waals surface area contributed by atoms with Crippen LogP contribution in [0.3, 0.4) is 0 Å². The first-order chi connectivity index (χ1) is 8.76. The molecule has 0 fully saturated rings. The van der Waals surface area contributed by atoms with Gasteiger partial charge in [-0.25, -0.2) is 5.06 Å². The Labute approximate surface area is 112 Å². The average molecular weight is 255 g/mol. The van der Waals surface area contributed by atoms with Gasteiger partial charge in [0.25, 0.3) is 5.91 Å². The minimum absolute atomic E-state index is 0.139. The van der Waals surface area contributed by atoms with Gasteiger partial charge >= 0.3 is 0 Å². The van der Waals surface area contributed by atoms with Crippen LogP contribution in [0.15, 0.2) is 12.7 Å². The monoisotopic (exact) mass is 255 g/mol. The van der Waals surface area contributed by atoms with Gasteiger partial charge in [0.15, 0.2) is 0 Å². The summed E-state index contributed by atoms with van der Waals surface area (Å²) in [6, 6.07) is 0. The molecule has 0 aliphatic carbocycles. The molecule has 0 heterocycles. The van der Waals surface area contributed by atoms with Gasteiger partial charge in [-0.3, -0.25) is 9.63 Å². The Morgan fingerprint density at radius 3 is 2.11 bits per heavy atom. The third kappa shape index (κ3) is 9.23. The summed E-state index contributed by atoms with van der Waals surface area (Å²) in [5.41, 5.74) is 0. The topological polar surface area (TPSA) is 29.5 Å². The summed E-state index contributed by atoms with van der Waals surface area (Å²) < 4.78 is 0. The molecule has 0 radical (unpaired) electrons.